The third-order valence-electron chi connectivity index (χ3n) is 4.03. The van der Waals surface area contributed by atoms with Gasteiger partial charge < -0.3 is 9.80 Å². The fraction of sp³-hybridized carbons (Fsp3) is 0.294. The Labute approximate surface area is 138 Å². The molecule has 0 aliphatic carbocycles. The average Bonchev–Trinajstić information content (AvgIpc) is 2.58. The molecule has 0 spiro atoms. The second-order valence-electron chi connectivity index (χ2n) is 5.59. The summed E-state index contributed by atoms with van der Waals surface area (Å²) in [5.41, 5.74) is 2.02. The van der Waals surface area contributed by atoms with Gasteiger partial charge in [-0.3, -0.25) is 9.78 Å². The van der Waals surface area contributed by atoms with E-state index in [1.165, 1.54) is 10.5 Å². The lowest BCUT2D eigenvalue weighted by atomic mass is 10.2. The van der Waals surface area contributed by atoms with Crippen LogP contribution >= 0.6 is 15.9 Å². The Balaban J connectivity index is 1.54. The number of piperazine rings is 1. The molecule has 1 aliphatic rings. The Morgan fingerprint density at radius 2 is 1.91 bits per heavy atom. The first-order valence-electron chi connectivity index (χ1n) is 7.50. The topological polar surface area (TPSA) is 37.6 Å². The summed E-state index contributed by atoms with van der Waals surface area (Å²) in [5.74, 6) is 0.0933. The number of halogens is 1. The molecule has 0 bridgehead atoms. The largest absolute Gasteiger partial charge is 0.328 e. The average molecular weight is 361 g/mol. The predicted octanol–water partition coefficient (Wildman–Crippen LogP) is 1.39. The maximum atomic E-state index is 12.4. The number of rotatable bonds is 3. The van der Waals surface area contributed by atoms with Crippen LogP contribution in [0.15, 0.2) is 53.3 Å². The summed E-state index contributed by atoms with van der Waals surface area (Å²) in [6.45, 7) is 4.60. The molecule has 2 heterocycles. The van der Waals surface area contributed by atoms with Crippen molar-refractivity contribution < 1.29 is 9.69 Å². The van der Waals surface area contributed by atoms with Gasteiger partial charge in [0.15, 0.2) is 0 Å². The van der Waals surface area contributed by atoms with Crippen molar-refractivity contribution in [3.05, 3.63) is 64.4 Å². The van der Waals surface area contributed by atoms with Crippen LogP contribution in [0.3, 0.4) is 0 Å². The van der Waals surface area contributed by atoms with Crippen LogP contribution < -0.4 is 4.90 Å². The molecule has 1 saturated heterocycles. The summed E-state index contributed by atoms with van der Waals surface area (Å²) in [6.07, 6.45) is 3.33. The van der Waals surface area contributed by atoms with Gasteiger partial charge in [0.2, 0.25) is 0 Å². The van der Waals surface area contributed by atoms with Gasteiger partial charge in [0, 0.05) is 22.4 Å². The second-order valence-corrected chi connectivity index (χ2v) is 6.50. The van der Waals surface area contributed by atoms with Crippen LogP contribution in [0.2, 0.25) is 0 Å². The van der Waals surface area contributed by atoms with Crippen LogP contribution in [0.5, 0.6) is 0 Å². The zero-order chi connectivity index (χ0) is 15.4. The Morgan fingerprint density at radius 3 is 2.55 bits per heavy atom. The summed E-state index contributed by atoms with van der Waals surface area (Å²) in [6, 6.07) is 12.1. The highest BCUT2D eigenvalue weighted by atomic mass is 79.9. The van der Waals surface area contributed by atoms with Crippen LogP contribution in [-0.4, -0.2) is 42.0 Å². The zero-order valence-corrected chi connectivity index (χ0v) is 13.9. The van der Waals surface area contributed by atoms with Gasteiger partial charge >= 0.3 is 0 Å². The van der Waals surface area contributed by atoms with E-state index in [1.807, 2.05) is 17.0 Å². The molecular weight excluding hydrogens is 342 g/mol. The molecule has 0 atom stereocenters. The Kier molecular flexibility index (Phi) is 4.85. The van der Waals surface area contributed by atoms with Crippen LogP contribution in [0.25, 0.3) is 0 Å². The predicted molar refractivity (Wildman–Crippen MR) is 88.7 cm³/mol. The monoisotopic (exact) mass is 360 g/mol. The van der Waals surface area contributed by atoms with Crippen molar-refractivity contribution in [1.29, 1.82) is 0 Å². The molecular formula is C17H19BrN3O+. The lowest BCUT2D eigenvalue weighted by molar-refractivity contribution is -0.917. The number of carbonyl (C=O) groups excluding carboxylic acids is 1. The van der Waals surface area contributed by atoms with Gasteiger partial charge in [-0.2, -0.15) is 0 Å². The van der Waals surface area contributed by atoms with E-state index >= 15 is 0 Å². The van der Waals surface area contributed by atoms with Gasteiger partial charge in [-0.25, -0.2) is 0 Å². The van der Waals surface area contributed by atoms with Crippen molar-refractivity contribution in [2.24, 2.45) is 0 Å². The number of carbonyl (C=O) groups is 1. The van der Waals surface area contributed by atoms with Crippen molar-refractivity contribution in [1.82, 2.24) is 9.88 Å². The van der Waals surface area contributed by atoms with Crippen molar-refractivity contribution in [2.75, 3.05) is 26.2 Å². The summed E-state index contributed by atoms with van der Waals surface area (Å²) >= 11 is 3.46. The molecule has 1 amide bonds. The Bertz CT molecular complexity index is 622. The minimum atomic E-state index is 0.0933. The van der Waals surface area contributed by atoms with Gasteiger partial charge in [0.25, 0.3) is 5.91 Å². The zero-order valence-electron chi connectivity index (χ0n) is 12.3. The van der Waals surface area contributed by atoms with E-state index in [2.05, 4.69) is 45.2 Å². The molecule has 0 unspecified atom stereocenters. The summed E-state index contributed by atoms with van der Waals surface area (Å²) in [4.78, 5) is 19.9. The van der Waals surface area contributed by atoms with E-state index in [0.717, 1.165) is 37.2 Å². The van der Waals surface area contributed by atoms with Crippen molar-refractivity contribution in [2.45, 2.75) is 6.54 Å². The molecule has 22 heavy (non-hydrogen) atoms. The third kappa shape index (κ3) is 3.72. The molecule has 1 aliphatic heterocycles. The molecule has 1 aromatic heterocycles. The third-order valence-corrected chi connectivity index (χ3v) is 4.56. The Morgan fingerprint density at radius 1 is 1.18 bits per heavy atom. The molecule has 1 aromatic carbocycles. The second kappa shape index (κ2) is 7.03. The molecule has 0 saturated carbocycles. The van der Waals surface area contributed by atoms with Crippen LogP contribution in [0.4, 0.5) is 0 Å². The quantitative estimate of drug-likeness (QED) is 0.897. The molecule has 5 heteroatoms. The highest BCUT2D eigenvalue weighted by Crippen LogP contribution is 2.10. The maximum absolute atomic E-state index is 12.4. The molecule has 1 N–H and O–H groups in total. The minimum Gasteiger partial charge on any atom is -0.328 e. The molecule has 1 fully saturated rings. The van der Waals surface area contributed by atoms with Crippen LogP contribution in [0, 0.1) is 0 Å². The van der Waals surface area contributed by atoms with Crippen LogP contribution in [0.1, 0.15) is 15.9 Å². The van der Waals surface area contributed by atoms with E-state index in [4.69, 9.17) is 0 Å². The maximum Gasteiger partial charge on any atom is 0.255 e. The van der Waals surface area contributed by atoms with E-state index in [0.29, 0.717) is 5.56 Å². The van der Waals surface area contributed by atoms with Crippen LogP contribution in [-0.2, 0) is 6.54 Å². The SMILES string of the molecule is O=C(c1cccnc1)N1CC[NH+](Cc2ccc(Br)cc2)CC1. The fourth-order valence-corrected chi connectivity index (χ4v) is 3.03. The van der Waals surface area contributed by atoms with E-state index in [1.54, 1.807) is 12.4 Å². The molecule has 114 valence electrons. The summed E-state index contributed by atoms with van der Waals surface area (Å²) in [7, 11) is 0. The van der Waals surface area contributed by atoms with Gasteiger partial charge in [0.05, 0.1) is 31.7 Å². The minimum absolute atomic E-state index is 0.0933. The van der Waals surface area contributed by atoms with E-state index in [9.17, 15) is 4.79 Å². The number of quaternary nitrogens is 1. The van der Waals surface area contributed by atoms with Gasteiger partial charge in [-0.05, 0) is 24.3 Å². The normalized spacial score (nSPS) is 15.8. The number of hydrogen-bond donors (Lipinski definition) is 1. The first-order chi connectivity index (χ1) is 10.7. The highest BCUT2D eigenvalue weighted by Gasteiger charge is 2.24. The first-order valence-corrected chi connectivity index (χ1v) is 8.29. The first kappa shape index (κ1) is 15.2. The summed E-state index contributed by atoms with van der Waals surface area (Å²) < 4.78 is 1.11. The van der Waals surface area contributed by atoms with Gasteiger partial charge in [-0.15, -0.1) is 0 Å². The van der Waals surface area contributed by atoms with E-state index < -0.39 is 0 Å². The Hall–Kier alpha value is -1.72. The summed E-state index contributed by atoms with van der Waals surface area (Å²) in [5, 5.41) is 0. The number of amides is 1. The fourth-order valence-electron chi connectivity index (χ4n) is 2.77. The van der Waals surface area contributed by atoms with E-state index in [-0.39, 0.29) is 5.91 Å². The highest BCUT2D eigenvalue weighted by molar-refractivity contribution is 9.10. The molecule has 4 nitrogen and oxygen atoms in total. The number of pyridine rings is 1. The lowest BCUT2D eigenvalue weighted by Crippen LogP contribution is -3.13. The number of nitrogens with one attached hydrogen (secondary N) is 1. The molecule has 2 aromatic rings. The number of aromatic nitrogens is 1. The smallest absolute Gasteiger partial charge is 0.255 e. The number of hydrogen-bond acceptors (Lipinski definition) is 2. The molecule has 3 rings (SSSR count). The number of benzene rings is 1. The lowest BCUT2D eigenvalue weighted by Gasteiger charge is -2.32. The van der Waals surface area contributed by atoms with Crippen molar-refractivity contribution >= 4 is 21.8 Å². The standard InChI is InChI=1S/C17H18BrN3O/c18-16-5-3-14(4-6-16)13-20-8-10-21(11-9-20)17(22)15-2-1-7-19-12-15/h1-7,12H,8-11,13H2/p+1. The van der Waals surface area contributed by atoms with Gasteiger partial charge in [0.1, 0.15) is 6.54 Å². The molecule has 0 radical (unpaired) electrons. The van der Waals surface area contributed by atoms with Gasteiger partial charge in [-0.1, -0.05) is 28.1 Å². The van der Waals surface area contributed by atoms with Crippen molar-refractivity contribution in [3.63, 3.8) is 0 Å². The number of nitrogens with zero attached hydrogens (tertiary/aromatic N) is 2. The van der Waals surface area contributed by atoms with Crippen molar-refractivity contribution in [3.8, 4) is 0 Å².